The Balaban J connectivity index is 1.60. The van der Waals surface area contributed by atoms with Crippen LogP contribution in [-0.4, -0.2) is 16.5 Å². The summed E-state index contributed by atoms with van der Waals surface area (Å²) in [6.45, 7) is 2.61. The maximum atomic E-state index is 11.9. The second-order valence-electron chi connectivity index (χ2n) is 5.61. The van der Waals surface area contributed by atoms with Crippen LogP contribution in [0.3, 0.4) is 0 Å². The molecule has 3 rings (SSSR count). The Morgan fingerprint density at radius 3 is 2.74 bits per heavy atom. The standard InChI is InChI=1S/C18H20N4O/c1-12-16(17(23)22-18(19)21-12)7-4-10-20-15-9-8-13-5-2-3-6-14(13)11-15/h2-3,5-6,8-9,11,20H,4,7,10H2,1H3,(H3,19,21,22,23). The summed E-state index contributed by atoms with van der Waals surface area (Å²) in [4.78, 5) is 18.5. The number of aryl methyl sites for hydroxylation is 1. The largest absolute Gasteiger partial charge is 0.385 e. The van der Waals surface area contributed by atoms with Crippen molar-refractivity contribution in [3.05, 3.63) is 64.1 Å². The summed E-state index contributed by atoms with van der Waals surface area (Å²) < 4.78 is 0. The Labute approximate surface area is 134 Å². The molecule has 0 bridgehead atoms. The van der Waals surface area contributed by atoms with Gasteiger partial charge in [-0.3, -0.25) is 9.78 Å². The van der Waals surface area contributed by atoms with Gasteiger partial charge in [-0.15, -0.1) is 0 Å². The summed E-state index contributed by atoms with van der Waals surface area (Å²) in [7, 11) is 0. The van der Waals surface area contributed by atoms with Gasteiger partial charge in [0.05, 0.1) is 0 Å². The van der Waals surface area contributed by atoms with E-state index in [1.807, 2.05) is 19.1 Å². The van der Waals surface area contributed by atoms with Gasteiger partial charge in [0, 0.05) is 23.5 Å². The molecule has 3 aromatic rings. The lowest BCUT2D eigenvalue weighted by atomic mass is 10.1. The molecule has 2 aromatic carbocycles. The molecule has 23 heavy (non-hydrogen) atoms. The van der Waals surface area contributed by atoms with E-state index in [9.17, 15) is 4.79 Å². The van der Waals surface area contributed by atoms with Crippen LogP contribution in [0.25, 0.3) is 10.8 Å². The molecule has 0 aliphatic carbocycles. The first-order chi connectivity index (χ1) is 11.1. The first-order valence-electron chi connectivity index (χ1n) is 7.71. The van der Waals surface area contributed by atoms with Crippen LogP contribution in [0.1, 0.15) is 17.7 Å². The number of aromatic nitrogens is 2. The maximum Gasteiger partial charge on any atom is 0.255 e. The molecule has 5 nitrogen and oxygen atoms in total. The van der Waals surface area contributed by atoms with Crippen LogP contribution < -0.4 is 16.6 Å². The van der Waals surface area contributed by atoms with E-state index in [0.29, 0.717) is 17.7 Å². The predicted molar refractivity (Wildman–Crippen MR) is 94.8 cm³/mol. The zero-order chi connectivity index (χ0) is 16.2. The quantitative estimate of drug-likeness (QED) is 0.633. The monoisotopic (exact) mass is 308 g/mol. The van der Waals surface area contributed by atoms with Crippen molar-refractivity contribution in [2.45, 2.75) is 19.8 Å². The van der Waals surface area contributed by atoms with Gasteiger partial charge in [0.1, 0.15) is 0 Å². The Kier molecular flexibility index (Phi) is 4.28. The smallest absolute Gasteiger partial charge is 0.255 e. The van der Waals surface area contributed by atoms with E-state index in [4.69, 9.17) is 5.73 Å². The number of nitrogen functional groups attached to an aromatic ring is 1. The predicted octanol–water partition coefficient (Wildman–Crippen LogP) is 2.86. The molecule has 0 unspecified atom stereocenters. The third-order valence-corrected chi connectivity index (χ3v) is 3.92. The zero-order valence-corrected chi connectivity index (χ0v) is 13.1. The topological polar surface area (TPSA) is 83.8 Å². The van der Waals surface area contributed by atoms with E-state index in [0.717, 1.165) is 18.7 Å². The van der Waals surface area contributed by atoms with Gasteiger partial charge >= 0.3 is 0 Å². The van der Waals surface area contributed by atoms with Crippen LogP contribution in [0.15, 0.2) is 47.3 Å². The van der Waals surface area contributed by atoms with E-state index in [-0.39, 0.29) is 11.5 Å². The number of H-pyrrole nitrogens is 1. The second kappa shape index (κ2) is 6.52. The average molecular weight is 308 g/mol. The van der Waals surface area contributed by atoms with Crippen molar-refractivity contribution in [3.63, 3.8) is 0 Å². The molecular weight excluding hydrogens is 288 g/mol. The van der Waals surface area contributed by atoms with Gasteiger partial charge in [0.25, 0.3) is 5.56 Å². The van der Waals surface area contributed by atoms with Crippen molar-refractivity contribution < 1.29 is 0 Å². The lowest BCUT2D eigenvalue weighted by Gasteiger charge is -2.08. The number of nitrogens with two attached hydrogens (primary N) is 1. The highest BCUT2D eigenvalue weighted by Gasteiger charge is 2.06. The molecule has 1 aromatic heterocycles. The van der Waals surface area contributed by atoms with Crippen LogP contribution in [0.4, 0.5) is 11.6 Å². The molecule has 5 heteroatoms. The normalized spacial score (nSPS) is 10.8. The van der Waals surface area contributed by atoms with E-state index in [1.165, 1.54) is 10.8 Å². The Hall–Kier alpha value is -2.82. The summed E-state index contributed by atoms with van der Waals surface area (Å²) in [5.74, 6) is 0.172. The lowest BCUT2D eigenvalue weighted by Crippen LogP contribution is -2.19. The molecule has 0 fully saturated rings. The highest BCUT2D eigenvalue weighted by atomic mass is 16.1. The van der Waals surface area contributed by atoms with Gasteiger partial charge in [-0.2, -0.15) is 0 Å². The van der Waals surface area contributed by atoms with Gasteiger partial charge < -0.3 is 11.1 Å². The third-order valence-electron chi connectivity index (χ3n) is 3.92. The Morgan fingerprint density at radius 2 is 1.96 bits per heavy atom. The van der Waals surface area contributed by atoms with Crippen LogP contribution in [0.2, 0.25) is 0 Å². The fourth-order valence-electron chi connectivity index (χ4n) is 2.72. The molecule has 0 spiro atoms. The van der Waals surface area contributed by atoms with Gasteiger partial charge in [0.15, 0.2) is 0 Å². The molecule has 0 radical (unpaired) electrons. The Morgan fingerprint density at radius 1 is 1.17 bits per heavy atom. The summed E-state index contributed by atoms with van der Waals surface area (Å²) in [5, 5.41) is 5.85. The summed E-state index contributed by atoms with van der Waals surface area (Å²) in [6.07, 6.45) is 1.53. The first kappa shape index (κ1) is 15.1. The van der Waals surface area contributed by atoms with Gasteiger partial charge in [-0.25, -0.2) is 4.98 Å². The highest BCUT2D eigenvalue weighted by Crippen LogP contribution is 2.18. The number of rotatable bonds is 5. The third kappa shape index (κ3) is 3.51. The first-order valence-corrected chi connectivity index (χ1v) is 7.71. The van der Waals surface area contributed by atoms with Crippen molar-refractivity contribution in [2.24, 2.45) is 0 Å². The van der Waals surface area contributed by atoms with Gasteiger partial charge in [0.2, 0.25) is 5.95 Å². The van der Waals surface area contributed by atoms with Gasteiger partial charge in [-0.1, -0.05) is 30.3 Å². The average Bonchev–Trinajstić information content (AvgIpc) is 2.53. The molecule has 0 aliphatic heterocycles. The zero-order valence-electron chi connectivity index (χ0n) is 13.1. The van der Waals surface area contributed by atoms with E-state index in [1.54, 1.807) is 0 Å². The Bertz CT molecular complexity index is 886. The summed E-state index contributed by atoms with van der Waals surface area (Å²) >= 11 is 0. The number of anilines is 2. The molecule has 4 N–H and O–H groups in total. The summed E-state index contributed by atoms with van der Waals surface area (Å²) in [5.41, 5.74) is 7.89. The number of nitrogens with one attached hydrogen (secondary N) is 2. The lowest BCUT2D eigenvalue weighted by molar-refractivity contribution is 0.830. The maximum absolute atomic E-state index is 11.9. The molecule has 118 valence electrons. The van der Waals surface area contributed by atoms with Crippen LogP contribution >= 0.6 is 0 Å². The minimum Gasteiger partial charge on any atom is -0.385 e. The van der Waals surface area contributed by atoms with Crippen molar-refractivity contribution in [3.8, 4) is 0 Å². The molecular formula is C18H20N4O. The molecule has 0 saturated heterocycles. The fraction of sp³-hybridized carbons (Fsp3) is 0.222. The number of nitrogens with zero attached hydrogens (tertiary/aromatic N) is 1. The van der Waals surface area contributed by atoms with Crippen LogP contribution in [-0.2, 0) is 6.42 Å². The number of hydrogen-bond donors (Lipinski definition) is 3. The minimum atomic E-state index is -0.138. The van der Waals surface area contributed by atoms with E-state index in [2.05, 4.69) is 45.6 Å². The van der Waals surface area contributed by atoms with E-state index >= 15 is 0 Å². The van der Waals surface area contributed by atoms with Crippen molar-refractivity contribution >= 4 is 22.4 Å². The minimum absolute atomic E-state index is 0.138. The molecule has 0 atom stereocenters. The van der Waals surface area contributed by atoms with E-state index < -0.39 is 0 Å². The molecule has 1 heterocycles. The van der Waals surface area contributed by atoms with Crippen molar-refractivity contribution in [1.82, 2.24) is 9.97 Å². The van der Waals surface area contributed by atoms with Gasteiger partial charge in [-0.05, 0) is 42.7 Å². The van der Waals surface area contributed by atoms with Crippen molar-refractivity contribution in [1.29, 1.82) is 0 Å². The molecule has 0 aliphatic rings. The fourth-order valence-corrected chi connectivity index (χ4v) is 2.72. The second-order valence-corrected chi connectivity index (χ2v) is 5.61. The number of fused-ring (bicyclic) bond motifs is 1. The molecule has 0 amide bonds. The van der Waals surface area contributed by atoms with Crippen molar-refractivity contribution in [2.75, 3.05) is 17.6 Å². The number of hydrogen-bond acceptors (Lipinski definition) is 4. The highest BCUT2D eigenvalue weighted by molar-refractivity contribution is 5.85. The van der Waals surface area contributed by atoms with Crippen LogP contribution in [0, 0.1) is 6.92 Å². The molecule has 0 saturated carbocycles. The summed E-state index contributed by atoms with van der Waals surface area (Å²) in [6, 6.07) is 14.6. The van der Waals surface area contributed by atoms with Crippen LogP contribution in [0.5, 0.6) is 0 Å². The SMILES string of the molecule is Cc1nc(N)[nH]c(=O)c1CCCNc1ccc2ccccc2c1. The number of aromatic amines is 1. The number of benzene rings is 2.